The van der Waals surface area contributed by atoms with Crippen molar-refractivity contribution in [3.63, 3.8) is 0 Å². The van der Waals surface area contributed by atoms with E-state index in [1.54, 1.807) is 0 Å². The van der Waals surface area contributed by atoms with Crippen LogP contribution in [0.4, 0.5) is 0 Å². The Hall–Kier alpha value is -1.07. The SMILES string of the molecule is CC(C)n1c(C2CSCCN2)nc2cnccc21. The van der Waals surface area contributed by atoms with Crippen molar-refractivity contribution in [3.8, 4) is 0 Å². The molecule has 1 saturated heterocycles. The minimum atomic E-state index is 0.360. The summed E-state index contributed by atoms with van der Waals surface area (Å²) in [5.74, 6) is 3.45. The van der Waals surface area contributed by atoms with Crippen molar-refractivity contribution < 1.29 is 0 Å². The Morgan fingerprint density at radius 1 is 1.50 bits per heavy atom. The van der Waals surface area contributed by atoms with Crippen LogP contribution in [0.3, 0.4) is 0 Å². The third kappa shape index (κ3) is 2.01. The third-order valence-electron chi connectivity index (χ3n) is 3.27. The molecule has 1 N–H and O–H groups in total. The van der Waals surface area contributed by atoms with Crippen LogP contribution < -0.4 is 5.32 Å². The predicted octanol–water partition coefficient (Wildman–Crippen LogP) is 2.39. The van der Waals surface area contributed by atoms with Crippen LogP contribution in [-0.2, 0) is 0 Å². The van der Waals surface area contributed by atoms with Crippen LogP contribution in [0.15, 0.2) is 18.5 Å². The van der Waals surface area contributed by atoms with Crippen LogP contribution in [0.1, 0.15) is 31.8 Å². The lowest BCUT2D eigenvalue weighted by Crippen LogP contribution is -2.32. The van der Waals surface area contributed by atoms with Crippen LogP contribution in [0, 0.1) is 0 Å². The summed E-state index contributed by atoms with van der Waals surface area (Å²) in [7, 11) is 0. The average molecular weight is 262 g/mol. The summed E-state index contributed by atoms with van der Waals surface area (Å²) in [6.07, 6.45) is 3.70. The maximum atomic E-state index is 4.78. The lowest BCUT2D eigenvalue weighted by molar-refractivity contribution is 0.501. The second kappa shape index (κ2) is 4.90. The summed E-state index contributed by atoms with van der Waals surface area (Å²) in [5, 5.41) is 3.57. The summed E-state index contributed by atoms with van der Waals surface area (Å²) in [5.41, 5.74) is 2.19. The molecule has 1 atom stereocenters. The standard InChI is InChI=1S/C13H18N4S/c1-9(2)17-12-3-4-14-7-10(12)16-13(17)11-8-18-6-5-15-11/h3-4,7,9,11,15H,5-6,8H2,1-2H3. The van der Waals surface area contributed by atoms with Gasteiger partial charge in [0.15, 0.2) is 0 Å². The Morgan fingerprint density at radius 3 is 3.11 bits per heavy atom. The molecule has 0 amide bonds. The fourth-order valence-electron chi connectivity index (χ4n) is 2.49. The minimum Gasteiger partial charge on any atom is -0.324 e. The summed E-state index contributed by atoms with van der Waals surface area (Å²) in [6.45, 7) is 5.48. The fourth-order valence-corrected chi connectivity index (χ4v) is 3.42. The molecule has 2 aromatic rings. The number of nitrogens with one attached hydrogen (secondary N) is 1. The molecule has 0 radical (unpaired) electrons. The highest BCUT2D eigenvalue weighted by Crippen LogP contribution is 2.27. The van der Waals surface area contributed by atoms with Gasteiger partial charge in [-0.15, -0.1) is 0 Å². The number of aromatic nitrogens is 3. The van der Waals surface area contributed by atoms with E-state index in [9.17, 15) is 0 Å². The van der Waals surface area contributed by atoms with Gasteiger partial charge in [0.2, 0.25) is 0 Å². The number of imidazole rings is 1. The summed E-state index contributed by atoms with van der Waals surface area (Å²) in [6, 6.07) is 2.83. The lowest BCUT2D eigenvalue weighted by Gasteiger charge is -2.25. The van der Waals surface area contributed by atoms with Crippen LogP contribution >= 0.6 is 11.8 Å². The van der Waals surface area contributed by atoms with Crippen molar-refractivity contribution in [2.45, 2.75) is 25.9 Å². The quantitative estimate of drug-likeness (QED) is 0.902. The number of hydrogen-bond acceptors (Lipinski definition) is 4. The molecule has 0 saturated carbocycles. The zero-order chi connectivity index (χ0) is 12.5. The van der Waals surface area contributed by atoms with Crippen molar-refractivity contribution >= 4 is 22.8 Å². The van der Waals surface area contributed by atoms with E-state index in [0.717, 1.165) is 23.6 Å². The number of fused-ring (bicyclic) bond motifs is 1. The van der Waals surface area contributed by atoms with Gasteiger partial charge in [-0.1, -0.05) is 0 Å². The molecule has 1 fully saturated rings. The fraction of sp³-hybridized carbons (Fsp3) is 0.538. The van der Waals surface area contributed by atoms with Gasteiger partial charge in [0.05, 0.1) is 17.8 Å². The number of nitrogens with zero attached hydrogens (tertiary/aromatic N) is 3. The molecule has 0 aliphatic carbocycles. The molecular weight excluding hydrogens is 244 g/mol. The Bertz CT molecular complexity index is 543. The molecule has 1 aliphatic rings. The highest BCUT2D eigenvalue weighted by atomic mass is 32.2. The summed E-state index contributed by atoms with van der Waals surface area (Å²) < 4.78 is 2.33. The van der Waals surface area contributed by atoms with Crippen molar-refractivity contribution in [1.29, 1.82) is 0 Å². The summed E-state index contributed by atoms with van der Waals surface area (Å²) >= 11 is 2.00. The van der Waals surface area contributed by atoms with E-state index in [4.69, 9.17) is 4.98 Å². The van der Waals surface area contributed by atoms with E-state index in [2.05, 4.69) is 34.8 Å². The molecule has 5 heteroatoms. The number of hydrogen-bond donors (Lipinski definition) is 1. The molecule has 0 bridgehead atoms. The van der Waals surface area contributed by atoms with Gasteiger partial charge in [-0.3, -0.25) is 4.98 Å². The van der Waals surface area contributed by atoms with Gasteiger partial charge < -0.3 is 9.88 Å². The van der Waals surface area contributed by atoms with Crippen LogP contribution in [0.2, 0.25) is 0 Å². The Labute approximate surface area is 111 Å². The van der Waals surface area contributed by atoms with Gasteiger partial charge in [0, 0.05) is 30.3 Å². The minimum absolute atomic E-state index is 0.360. The first-order chi connectivity index (χ1) is 8.77. The van der Waals surface area contributed by atoms with Crippen molar-refractivity contribution in [2.75, 3.05) is 18.1 Å². The largest absolute Gasteiger partial charge is 0.324 e. The summed E-state index contributed by atoms with van der Waals surface area (Å²) in [4.78, 5) is 8.95. The van der Waals surface area contributed by atoms with E-state index >= 15 is 0 Å². The van der Waals surface area contributed by atoms with E-state index in [0.29, 0.717) is 12.1 Å². The molecule has 96 valence electrons. The van der Waals surface area contributed by atoms with Gasteiger partial charge in [-0.05, 0) is 19.9 Å². The van der Waals surface area contributed by atoms with Crippen molar-refractivity contribution in [3.05, 3.63) is 24.3 Å². The van der Waals surface area contributed by atoms with Gasteiger partial charge in [0.1, 0.15) is 11.3 Å². The van der Waals surface area contributed by atoms with Gasteiger partial charge in [-0.25, -0.2) is 4.98 Å². The predicted molar refractivity (Wildman–Crippen MR) is 76.0 cm³/mol. The number of pyridine rings is 1. The first kappa shape index (κ1) is 12.0. The highest BCUT2D eigenvalue weighted by Gasteiger charge is 2.23. The molecule has 3 heterocycles. The zero-order valence-electron chi connectivity index (χ0n) is 10.8. The Balaban J connectivity index is 2.11. The van der Waals surface area contributed by atoms with E-state index < -0.39 is 0 Å². The molecule has 18 heavy (non-hydrogen) atoms. The van der Waals surface area contributed by atoms with Crippen molar-refractivity contribution in [2.24, 2.45) is 0 Å². The molecule has 1 aliphatic heterocycles. The lowest BCUT2D eigenvalue weighted by atomic mass is 10.2. The number of thioether (sulfide) groups is 1. The van der Waals surface area contributed by atoms with E-state index in [-0.39, 0.29) is 0 Å². The molecule has 0 spiro atoms. The maximum absolute atomic E-state index is 4.78. The van der Waals surface area contributed by atoms with Crippen LogP contribution in [0.25, 0.3) is 11.0 Å². The van der Waals surface area contributed by atoms with E-state index in [1.165, 1.54) is 11.3 Å². The number of rotatable bonds is 2. The second-order valence-electron chi connectivity index (χ2n) is 4.88. The molecule has 4 nitrogen and oxygen atoms in total. The molecule has 1 unspecified atom stereocenters. The first-order valence-electron chi connectivity index (χ1n) is 6.40. The normalized spacial score (nSPS) is 20.7. The molecule has 3 rings (SSSR count). The van der Waals surface area contributed by atoms with E-state index in [1.807, 2.05) is 24.2 Å². The first-order valence-corrected chi connectivity index (χ1v) is 7.56. The highest BCUT2D eigenvalue weighted by molar-refractivity contribution is 7.99. The smallest absolute Gasteiger partial charge is 0.128 e. The maximum Gasteiger partial charge on any atom is 0.128 e. The monoisotopic (exact) mass is 262 g/mol. The Kier molecular flexibility index (Phi) is 3.26. The Morgan fingerprint density at radius 2 is 2.39 bits per heavy atom. The van der Waals surface area contributed by atoms with Gasteiger partial charge in [-0.2, -0.15) is 11.8 Å². The zero-order valence-corrected chi connectivity index (χ0v) is 11.6. The molecular formula is C13H18N4S. The second-order valence-corrected chi connectivity index (χ2v) is 6.03. The van der Waals surface area contributed by atoms with Gasteiger partial charge in [0.25, 0.3) is 0 Å². The van der Waals surface area contributed by atoms with Gasteiger partial charge >= 0.3 is 0 Å². The molecule has 0 aromatic carbocycles. The third-order valence-corrected chi connectivity index (χ3v) is 4.33. The van der Waals surface area contributed by atoms with Crippen LogP contribution in [0.5, 0.6) is 0 Å². The topological polar surface area (TPSA) is 42.7 Å². The molecule has 2 aromatic heterocycles. The van der Waals surface area contributed by atoms with Crippen LogP contribution in [-0.4, -0.2) is 32.6 Å². The van der Waals surface area contributed by atoms with Crippen molar-refractivity contribution in [1.82, 2.24) is 19.9 Å². The average Bonchev–Trinajstić information content (AvgIpc) is 2.79.